The maximum atomic E-state index is 13.0. The molecule has 216 valence electrons. The first-order chi connectivity index (χ1) is 19.6. The predicted octanol–water partition coefficient (Wildman–Crippen LogP) is 4.00. The van der Waals surface area contributed by atoms with Gasteiger partial charge in [-0.1, -0.05) is 42.0 Å². The van der Waals surface area contributed by atoms with Gasteiger partial charge in [-0.2, -0.15) is 0 Å². The molecule has 0 atom stereocenters. The molecule has 0 saturated carbocycles. The first-order valence-electron chi connectivity index (χ1n) is 13.0. The number of pyridine rings is 1. The minimum Gasteiger partial charge on any atom is -0.489 e. The number of anilines is 1. The maximum absolute atomic E-state index is 13.0. The van der Waals surface area contributed by atoms with Crippen LogP contribution in [-0.4, -0.2) is 66.7 Å². The number of nitrogen functional groups attached to an aromatic ring is 1. The molecule has 0 radical (unpaired) electrons. The van der Waals surface area contributed by atoms with Gasteiger partial charge in [-0.3, -0.25) is 24.4 Å². The lowest BCUT2D eigenvalue weighted by molar-refractivity contribution is -0.134. The molecule has 3 aromatic rings. The number of piperidine rings is 1. The fourth-order valence-electron chi connectivity index (χ4n) is 4.56. The number of carboxylic acid groups (broad SMARTS) is 1. The summed E-state index contributed by atoms with van der Waals surface area (Å²) in [7, 11) is -4.22. The molecule has 0 aliphatic carbocycles. The highest BCUT2D eigenvalue weighted by atomic mass is 35.5. The van der Waals surface area contributed by atoms with Crippen molar-refractivity contribution in [2.45, 2.75) is 25.5 Å². The summed E-state index contributed by atoms with van der Waals surface area (Å²) in [4.78, 5) is 17.7. The van der Waals surface area contributed by atoms with Crippen molar-refractivity contribution in [1.29, 1.82) is 5.41 Å². The SMILES string of the molecule is N=C(N)c1cccc(C=CCN(c2ccc(OC3CCN(Cc4ccncc4)CC3)c(Cl)c2)S(=O)(=O)CC(=O)O)c1. The first kappa shape index (κ1) is 30.0. The van der Waals surface area contributed by atoms with Crippen LogP contribution < -0.4 is 14.8 Å². The van der Waals surface area contributed by atoms with Gasteiger partial charge >= 0.3 is 5.97 Å². The minimum absolute atomic E-state index is 0.0346. The van der Waals surface area contributed by atoms with Crippen molar-refractivity contribution in [3.8, 4) is 5.75 Å². The summed E-state index contributed by atoms with van der Waals surface area (Å²) in [5, 5.41) is 17.0. The third-order valence-corrected chi connectivity index (χ3v) is 8.55. The number of hydrogen-bond acceptors (Lipinski definition) is 7. The largest absolute Gasteiger partial charge is 0.489 e. The third-order valence-electron chi connectivity index (χ3n) is 6.61. The molecular formula is C29H32ClN5O5S. The number of carbonyl (C=O) groups is 1. The first-order valence-corrected chi connectivity index (χ1v) is 15.0. The molecule has 4 rings (SSSR count). The average molecular weight is 598 g/mol. The van der Waals surface area contributed by atoms with E-state index in [2.05, 4.69) is 9.88 Å². The van der Waals surface area contributed by atoms with E-state index in [1.54, 1.807) is 60.9 Å². The number of ether oxygens (including phenoxy) is 1. The zero-order valence-corrected chi connectivity index (χ0v) is 23.9. The predicted molar refractivity (Wildman–Crippen MR) is 160 cm³/mol. The summed E-state index contributed by atoms with van der Waals surface area (Å²) >= 11 is 6.53. The highest BCUT2D eigenvalue weighted by molar-refractivity contribution is 7.93. The number of halogens is 1. The van der Waals surface area contributed by atoms with Crippen molar-refractivity contribution in [2.24, 2.45) is 5.73 Å². The molecule has 0 bridgehead atoms. The van der Waals surface area contributed by atoms with E-state index >= 15 is 0 Å². The Balaban J connectivity index is 1.44. The van der Waals surface area contributed by atoms with Gasteiger partial charge in [0, 0.05) is 37.6 Å². The standard InChI is InChI=1S/C29H32ClN5O5S/c30-26-18-24(6-7-27(26)40-25-10-15-34(16-11-25)19-22-8-12-33-13-9-22)35(41(38,39)20-28(36)37)14-2-4-21-3-1-5-23(17-21)29(31)32/h1-9,12-13,17-18,25H,10-11,14-16,19-20H2,(H3,31,32)(H,36,37). The number of nitrogens with one attached hydrogen (secondary N) is 1. The van der Waals surface area contributed by atoms with Crippen LogP contribution in [0.3, 0.4) is 0 Å². The molecule has 10 nitrogen and oxygen atoms in total. The van der Waals surface area contributed by atoms with E-state index < -0.39 is 21.7 Å². The van der Waals surface area contributed by atoms with E-state index in [1.807, 2.05) is 12.1 Å². The lowest BCUT2D eigenvalue weighted by atomic mass is 10.1. The molecule has 1 saturated heterocycles. The average Bonchev–Trinajstić information content (AvgIpc) is 2.93. The Kier molecular flexibility index (Phi) is 9.98. The molecule has 1 fully saturated rings. The van der Waals surface area contributed by atoms with Crippen molar-refractivity contribution in [2.75, 3.05) is 29.7 Å². The Hall–Kier alpha value is -3.93. The number of aromatic nitrogens is 1. The van der Waals surface area contributed by atoms with E-state index in [-0.39, 0.29) is 29.2 Å². The monoisotopic (exact) mass is 597 g/mol. The number of likely N-dealkylation sites (tertiary alicyclic amines) is 1. The Labute approximate surface area is 244 Å². The summed E-state index contributed by atoms with van der Waals surface area (Å²) in [5.74, 6) is -2.18. The molecule has 1 aliphatic rings. The summed E-state index contributed by atoms with van der Waals surface area (Å²) in [6, 6.07) is 15.6. The highest BCUT2D eigenvalue weighted by Gasteiger charge is 2.26. The number of amidine groups is 1. The number of aliphatic carboxylic acids is 1. The number of nitrogens with zero attached hydrogens (tertiary/aromatic N) is 3. The molecule has 0 amide bonds. The second-order valence-corrected chi connectivity index (χ2v) is 12.0. The molecule has 2 heterocycles. The number of nitrogens with two attached hydrogens (primary N) is 1. The summed E-state index contributed by atoms with van der Waals surface area (Å²) < 4.78 is 33.1. The van der Waals surface area contributed by atoms with Gasteiger partial charge in [-0.05, 0) is 60.4 Å². The molecule has 12 heteroatoms. The minimum atomic E-state index is -4.22. The lowest BCUT2D eigenvalue weighted by Gasteiger charge is -2.32. The van der Waals surface area contributed by atoms with Gasteiger partial charge in [0.25, 0.3) is 0 Å². The van der Waals surface area contributed by atoms with Gasteiger partial charge in [-0.15, -0.1) is 0 Å². The molecule has 4 N–H and O–H groups in total. The van der Waals surface area contributed by atoms with Crippen LogP contribution in [0.1, 0.15) is 29.5 Å². The fourth-order valence-corrected chi connectivity index (χ4v) is 5.99. The molecule has 0 unspecified atom stereocenters. The van der Waals surface area contributed by atoms with E-state index in [0.717, 1.165) is 36.8 Å². The second kappa shape index (κ2) is 13.6. The molecule has 0 spiro atoms. The van der Waals surface area contributed by atoms with Crippen molar-refractivity contribution in [1.82, 2.24) is 9.88 Å². The van der Waals surface area contributed by atoms with E-state index in [1.165, 1.54) is 11.6 Å². The smallest absolute Gasteiger partial charge is 0.320 e. The van der Waals surface area contributed by atoms with E-state index in [4.69, 9.17) is 27.5 Å². The Morgan fingerprint density at radius 2 is 1.90 bits per heavy atom. The van der Waals surface area contributed by atoms with Crippen LogP contribution >= 0.6 is 11.6 Å². The molecule has 1 aliphatic heterocycles. The van der Waals surface area contributed by atoms with Gasteiger partial charge in [0.1, 0.15) is 17.7 Å². The van der Waals surface area contributed by atoms with E-state index in [9.17, 15) is 18.3 Å². The Morgan fingerprint density at radius 1 is 1.17 bits per heavy atom. The number of sulfonamides is 1. The fraction of sp³-hybridized carbons (Fsp3) is 0.276. The molecule has 41 heavy (non-hydrogen) atoms. The van der Waals surface area contributed by atoms with Gasteiger partial charge < -0.3 is 15.6 Å². The van der Waals surface area contributed by atoms with Crippen molar-refractivity contribution in [3.63, 3.8) is 0 Å². The van der Waals surface area contributed by atoms with Gasteiger partial charge in [0.05, 0.1) is 17.3 Å². The Morgan fingerprint density at radius 3 is 2.56 bits per heavy atom. The van der Waals surface area contributed by atoms with Crippen LogP contribution in [0.25, 0.3) is 6.08 Å². The topological polar surface area (TPSA) is 150 Å². The molecular weight excluding hydrogens is 566 g/mol. The third kappa shape index (κ3) is 8.53. The van der Waals surface area contributed by atoms with Crippen molar-refractivity contribution in [3.05, 3.63) is 94.8 Å². The van der Waals surface area contributed by atoms with Crippen molar-refractivity contribution < 1.29 is 23.1 Å². The summed E-state index contributed by atoms with van der Waals surface area (Å²) in [6.07, 6.45) is 8.45. The zero-order chi connectivity index (χ0) is 29.4. The Bertz CT molecular complexity index is 1510. The van der Waals surface area contributed by atoms with Crippen LogP contribution in [0.5, 0.6) is 5.75 Å². The normalized spacial score (nSPS) is 14.7. The zero-order valence-electron chi connectivity index (χ0n) is 22.3. The highest BCUT2D eigenvalue weighted by Crippen LogP contribution is 2.33. The van der Waals surface area contributed by atoms with E-state index in [0.29, 0.717) is 16.9 Å². The van der Waals surface area contributed by atoms with Crippen LogP contribution in [0.4, 0.5) is 5.69 Å². The number of rotatable bonds is 12. The number of hydrogen-bond donors (Lipinski definition) is 3. The van der Waals surface area contributed by atoms with Crippen LogP contribution in [0.2, 0.25) is 5.02 Å². The molecule has 2 aromatic carbocycles. The van der Waals surface area contributed by atoms with Crippen molar-refractivity contribution >= 4 is 45.2 Å². The van der Waals surface area contributed by atoms with Gasteiger partial charge in [0.15, 0.2) is 5.75 Å². The van der Waals surface area contributed by atoms with Crippen LogP contribution in [0.15, 0.2) is 73.1 Å². The number of benzene rings is 2. The van der Waals surface area contributed by atoms with Crippen LogP contribution in [-0.2, 0) is 21.4 Å². The molecule has 1 aromatic heterocycles. The summed E-state index contributed by atoms with van der Waals surface area (Å²) in [6.45, 7) is 2.45. The van der Waals surface area contributed by atoms with Crippen LogP contribution in [0, 0.1) is 5.41 Å². The quantitative estimate of drug-likeness (QED) is 0.209. The lowest BCUT2D eigenvalue weighted by Crippen LogP contribution is -2.37. The summed E-state index contributed by atoms with van der Waals surface area (Å²) in [5.41, 5.74) is 8.22. The maximum Gasteiger partial charge on any atom is 0.320 e. The van der Waals surface area contributed by atoms with Gasteiger partial charge in [0.2, 0.25) is 10.0 Å². The number of carboxylic acids is 1. The van der Waals surface area contributed by atoms with Gasteiger partial charge in [-0.25, -0.2) is 8.42 Å². The second-order valence-electron chi connectivity index (χ2n) is 9.69.